The average molecular weight is 312 g/mol. The third-order valence-corrected chi connectivity index (χ3v) is 3.99. The smallest absolute Gasteiger partial charge is 0.0424 e. The quantitative estimate of drug-likeness (QED) is 0.603. The van der Waals surface area contributed by atoms with Gasteiger partial charge in [-0.2, -0.15) is 0 Å². The Balaban J connectivity index is 1.69. The van der Waals surface area contributed by atoms with Gasteiger partial charge in [-0.15, -0.1) is 11.8 Å². The Bertz CT molecular complexity index is 497. The maximum atomic E-state index is 5.95. The van der Waals surface area contributed by atoms with E-state index in [1.807, 2.05) is 30.0 Å². The second-order valence-corrected chi connectivity index (χ2v) is 6.16. The average Bonchev–Trinajstić information content (AvgIpc) is 2.38. The minimum Gasteiger partial charge on any atom is -0.312 e. The summed E-state index contributed by atoms with van der Waals surface area (Å²) in [5, 5.41) is 4.75. The summed E-state index contributed by atoms with van der Waals surface area (Å²) in [6.45, 7) is 1.74. The molecule has 1 N–H and O–H groups in total. The van der Waals surface area contributed by atoms with Crippen LogP contribution < -0.4 is 5.32 Å². The zero-order valence-corrected chi connectivity index (χ0v) is 12.7. The van der Waals surface area contributed by atoms with Gasteiger partial charge >= 0.3 is 0 Å². The molecular weight excluding hydrogens is 297 g/mol. The molecule has 0 aliphatic heterocycles. The van der Waals surface area contributed by atoms with Crippen LogP contribution in [-0.4, -0.2) is 12.3 Å². The summed E-state index contributed by atoms with van der Waals surface area (Å²) >= 11 is 13.8. The van der Waals surface area contributed by atoms with Crippen molar-refractivity contribution in [2.24, 2.45) is 0 Å². The number of nitrogens with one attached hydrogen (secondary N) is 1. The molecule has 0 fully saturated rings. The Morgan fingerprint density at radius 3 is 2.32 bits per heavy atom. The molecule has 0 bridgehead atoms. The SMILES string of the molecule is Clc1cc(Cl)cc(CNCCSc2ccccc2)c1. The molecule has 1 nitrogen and oxygen atoms in total. The summed E-state index contributed by atoms with van der Waals surface area (Å²) in [5.74, 6) is 1.04. The van der Waals surface area contributed by atoms with Gasteiger partial charge in [-0.05, 0) is 35.9 Å². The Hall–Kier alpha value is -0.670. The van der Waals surface area contributed by atoms with Crippen LogP contribution in [0.3, 0.4) is 0 Å². The summed E-state index contributed by atoms with van der Waals surface area (Å²) in [4.78, 5) is 1.30. The number of benzene rings is 2. The molecule has 0 spiro atoms. The standard InChI is InChI=1S/C15H15Cl2NS/c16-13-8-12(9-14(17)10-13)11-18-6-7-19-15-4-2-1-3-5-15/h1-5,8-10,18H,6-7,11H2. The van der Waals surface area contributed by atoms with E-state index >= 15 is 0 Å². The van der Waals surface area contributed by atoms with E-state index < -0.39 is 0 Å². The topological polar surface area (TPSA) is 12.0 Å². The normalized spacial score (nSPS) is 10.6. The Labute approximate surface area is 128 Å². The van der Waals surface area contributed by atoms with Crippen LogP contribution in [0.1, 0.15) is 5.56 Å². The summed E-state index contributed by atoms with van der Waals surface area (Å²) in [6, 6.07) is 16.0. The van der Waals surface area contributed by atoms with Gasteiger partial charge in [-0.3, -0.25) is 0 Å². The number of hydrogen-bond acceptors (Lipinski definition) is 2. The largest absolute Gasteiger partial charge is 0.312 e. The highest BCUT2D eigenvalue weighted by molar-refractivity contribution is 7.99. The van der Waals surface area contributed by atoms with Gasteiger partial charge in [-0.1, -0.05) is 41.4 Å². The first kappa shape index (κ1) is 14.7. The monoisotopic (exact) mass is 311 g/mol. The lowest BCUT2D eigenvalue weighted by Gasteiger charge is -2.06. The van der Waals surface area contributed by atoms with E-state index in [-0.39, 0.29) is 0 Å². The molecule has 2 aromatic rings. The highest BCUT2D eigenvalue weighted by Crippen LogP contribution is 2.19. The summed E-state index contributed by atoms with van der Waals surface area (Å²) in [5.41, 5.74) is 1.11. The molecule has 0 saturated carbocycles. The van der Waals surface area contributed by atoms with Crippen LogP contribution in [0.25, 0.3) is 0 Å². The molecule has 2 rings (SSSR count). The highest BCUT2D eigenvalue weighted by Gasteiger charge is 1.98. The van der Waals surface area contributed by atoms with Gasteiger partial charge in [0.05, 0.1) is 0 Å². The molecular formula is C15H15Cl2NS. The molecule has 0 aliphatic carbocycles. The van der Waals surface area contributed by atoms with Gasteiger partial charge in [0.2, 0.25) is 0 Å². The van der Waals surface area contributed by atoms with Gasteiger partial charge in [0.1, 0.15) is 0 Å². The fraction of sp³-hybridized carbons (Fsp3) is 0.200. The molecule has 4 heteroatoms. The van der Waals surface area contributed by atoms with Crippen LogP contribution in [0.5, 0.6) is 0 Å². The fourth-order valence-corrected chi connectivity index (χ4v) is 3.11. The molecule has 0 heterocycles. The van der Waals surface area contributed by atoms with Crippen molar-refractivity contribution < 1.29 is 0 Å². The van der Waals surface area contributed by atoms with Crippen molar-refractivity contribution in [3.8, 4) is 0 Å². The highest BCUT2D eigenvalue weighted by atomic mass is 35.5. The molecule has 0 unspecified atom stereocenters. The van der Waals surface area contributed by atoms with Gasteiger partial charge < -0.3 is 5.32 Å². The van der Waals surface area contributed by atoms with Crippen LogP contribution in [0.2, 0.25) is 10.0 Å². The second kappa shape index (κ2) is 7.81. The van der Waals surface area contributed by atoms with Crippen molar-refractivity contribution in [1.29, 1.82) is 0 Å². The van der Waals surface area contributed by atoms with E-state index in [1.54, 1.807) is 6.07 Å². The first-order chi connectivity index (χ1) is 9.24. The van der Waals surface area contributed by atoms with E-state index in [2.05, 4.69) is 29.6 Å². The van der Waals surface area contributed by atoms with Crippen LogP contribution >= 0.6 is 35.0 Å². The maximum Gasteiger partial charge on any atom is 0.0424 e. The minimum atomic E-state index is 0.683. The van der Waals surface area contributed by atoms with Crippen LogP contribution in [0.15, 0.2) is 53.4 Å². The Kier molecular flexibility index (Phi) is 6.05. The van der Waals surface area contributed by atoms with Crippen LogP contribution in [0, 0.1) is 0 Å². The molecule has 2 aromatic carbocycles. The zero-order valence-electron chi connectivity index (χ0n) is 10.4. The van der Waals surface area contributed by atoms with E-state index in [0.29, 0.717) is 10.0 Å². The lowest BCUT2D eigenvalue weighted by Crippen LogP contribution is -2.16. The molecule has 0 aromatic heterocycles. The lowest BCUT2D eigenvalue weighted by atomic mass is 10.2. The Morgan fingerprint density at radius 2 is 1.63 bits per heavy atom. The van der Waals surface area contributed by atoms with Crippen molar-refractivity contribution >= 4 is 35.0 Å². The van der Waals surface area contributed by atoms with Gasteiger partial charge in [0.15, 0.2) is 0 Å². The predicted molar refractivity (Wildman–Crippen MR) is 85.3 cm³/mol. The lowest BCUT2D eigenvalue weighted by molar-refractivity contribution is 0.732. The molecule has 0 radical (unpaired) electrons. The third-order valence-electron chi connectivity index (χ3n) is 2.54. The molecule has 19 heavy (non-hydrogen) atoms. The molecule has 0 saturated heterocycles. The third kappa shape index (κ3) is 5.45. The van der Waals surface area contributed by atoms with E-state index in [1.165, 1.54) is 4.90 Å². The van der Waals surface area contributed by atoms with Crippen molar-refractivity contribution in [3.63, 3.8) is 0 Å². The molecule has 0 amide bonds. The zero-order chi connectivity index (χ0) is 13.5. The van der Waals surface area contributed by atoms with Gasteiger partial charge in [0, 0.05) is 33.8 Å². The first-order valence-electron chi connectivity index (χ1n) is 6.07. The molecule has 0 atom stereocenters. The van der Waals surface area contributed by atoms with E-state index in [0.717, 1.165) is 24.4 Å². The molecule has 100 valence electrons. The maximum absolute atomic E-state index is 5.95. The van der Waals surface area contributed by atoms with E-state index in [9.17, 15) is 0 Å². The second-order valence-electron chi connectivity index (χ2n) is 4.12. The minimum absolute atomic E-state index is 0.683. The van der Waals surface area contributed by atoms with Gasteiger partial charge in [-0.25, -0.2) is 0 Å². The molecule has 0 aliphatic rings. The predicted octanol–water partition coefficient (Wildman–Crippen LogP) is 4.88. The Morgan fingerprint density at radius 1 is 0.947 bits per heavy atom. The number of halogens is 2. The number of rotatable bonds is 6. The van der Waals surface area contributed by atoms with Crippen molar-refractivity contribution in [1.82, 2.24) is 5.32 Å². The first-order valence-corrected chi connectivity index (χ1v) is 7.82. The van der Waals surface area contributed by atoms with Crippen molar-refractivity contribution in [3.05, 3.63) is 64.1 Å². The van der Waals surface area contributed by atoms with Crippen molar-refractivity contribution in [2.75, 3.05) is 12.3 Å². The fourth-order valence-electron chi connectivity index (χ4n) is 1.70. The number of thioether (sulfide) groups is 1. The van der Waals surface area contributed by atoms with Crippen LogP contribution in [-0.2, 0) is 6.54 Å². The summed E-state index contributed by atoms with van der Waals surface area (Å²) in [7, 11) is 0. The summed E-state index contributed by atoms with van der Waals surface area (Å²) in [6.07, 6.45) is 0. The number of hydrogen-bond donors (Lipinski definition) is 1. The summed E-state index contributed by atoms with van der Waals surface area (Å²) < 4.78 is 0. The van der Waals surface area contributed by atoms with E-state index in [4.69, 9.17) is 23.2 Å². The van der Waals surface area contributed by atoms with Crippen molar-refractivity contribution in [2.45, 2.75) is 11.4 Å². The van der Waals surface area contributed by atoms with Gasteiger partial charge in [0.25, 0.3) is 0 Å². The van der Waals surface area contributed by atoms with Crippen LogP contribution in [0.4, 0.5) is 0 Å².